The first kappa shape index (κ1) is 15.8. The highest BCUT2D eigenvalue weighted by molar-refractivity contribution is 7.89. The van der Waals surface area contributed by atoms with E-state index in [1.54, 1.807) is 29.2 Å². The van der Waals surface area contributed by atoms with Gasteiger partial charge in [0.05, 0.1) is 11.2 Å². The van der Waals surface area contributed by atoms with Crippen molar-refractivity contribution in [2.24, 2.45) is 5.14 Å². The Labute approximate surface area is 134 Å². The number of nitrogens with two attached hydrogens (primary N) is 1. The standard InChI is InChI=1S/C16H18N2O4S/c17-23(20,21)14-5-3-12(4-6-14)13-7-9-18(10-8-13)16(19)15-2-1-11-22-15/h1-6,11,13H,7-10H2,(H2,17,20,21). The van der Waals surface area contributed by atoms with Crippen LogP contribution in [0.5, 0.6) is 0 Å². The van der Waals surface area contributed by atoms with Gasteiger partial charge in [0.1, 0.15) is 0 Å². The second-order valence-electron chi connectivity index (χ2n) is 5.66. The number of likely N-dealkylation sites (tertiary alicyclic amines) is 1. The fourth-order valence-corrected chi connectivity index (χ4v) is 3.42. The van der Waals surface area contributed by atoms with Gasteiger partial charge in [0.25, 0.3) is 5.91 Å². The maximum absolute atomic E-state index is 12.2. The Bertz CT molecular complexity index is 774. The predicted octanol–water partition coefficient (Wildman–Crippen LogP) is 1.95. The van der Waals surface area contributed by atoms with E-state index in [1.807, 2.05) is 0 Å². The van der Waals surface area contributed by atoms with Crippen LogP contribution in [0.4, 0.5) is 0 Å². The molecule has 1 amide bonds. The lowest BCUT2D eigenvalue weighted by Crippen LogP contribution is -2.37. The minimum Gasteiger partial charge on any atom is -0.459 e. The zero-order chi connectivity index (χ0) is 16.4. The highest BCUT2D eigenvalue weighted by atomic mass is 32.2. The summed E-state index contributed by atoms with van der Waals surface area (Å²) in [6, 6.07) is 10.0. The lowest BCUT2D eigenvalue weighted by molar-refractivity contribution is 0.0681. The van der Waals surface area contributed by atoms with Crippen LogP contribution in [0.25, 0.3) is 0 Å². The van der Waals surface area contributed by atoms with Crippen molar-refractivity contribution in [3.05, 3.63) is 54.0 Å². The largest absolute Gasteiger partial charge is 0.459 e. The summed E-state index contributed by atoms with van der Waals surface area (Å²) in [5, 5.41) is 5.10. The van der Waals surface area contributed by atoms with Gasteiger partial charge in [-0.15, -0.1) is 0 Å². The van der Waals surface area contributed by atoms with E-state index in [2.05, 4.69) is 0 Å². The van der Waals surface area contributed by atoms with Crippen LogP contribution >= 0.6 is 0 Å². The molecule has 0 saturated carbocycles. The number of piperidine rings is 1. The molecule has 2 N–H and O–H groups in total. The van der Waals surface area contributed by atoms with Crippen molar-refractivity contribution in [2.45, 2.75) is 23.7 Å². The van der Waals surface area contributed by atoms with E-state index in [-0.39, 0.29) is 10.8 Å². The molecule has 0 spiro atoms. The SMILES string of the molecule is NS(=O)(=O)c1ccc(C2CCN(C(=O)c3ccco3)CC2)cc1. The van der Waals surface area contributed by atoms with Gasteiger partial charge in [0.15, 0.2) is 5.76 Å². The molecule has 7 heteroatoms. The second-order valence-corrected chi connectivity index (χ2v) is 7.22. The van der Waals surface area contributed by atoms with Gasteiger partial charge in [-0.3, -0.25) is 4.79 Å². The first-order valence-electron chi connectivity index (χ1n) is 7.41. The van der Waals surface area contributed by atoms with Crippen molar-refractivity contribution >= 4 is 15.9 Å². The van der Waals surface area contributed by atoms with Gasteiger partial charge in [-0.05, 0) is 48.6 Å². The van der Waals surface area contributed by atoms with E-state index in [1.165, 1.54) is 18.4 Å². The van der Waals surface area contributed by atoms with Crippen molar-refractivity contribution in [2.75, 3.05) is 13.1 Å². The van der Waals surface area contributed by atoms with E-state index in [4.69, 9.17) is 9.56 Å². The number of hydrogen-bond acceptors (Lipinski definition) is 4. The minimum atomic E-state index is -3.66. The number of benzene rings is 1. The first-order valence-corrected chi connectivity index (χ1v) is 8.95. The second kappa shape index (κ2) is 6.17. The highest BCUT2D eigenvalue weighted by Crippen LogP contribution is 2.29. The van der Waals surface area contributed by atoms with Gasteiger partial charge < -0.3 is 9.32 Å². The van der Waals surface area contributed by atoms with Gasteiger partial charge in [-0.2, -0.15) is 0 Å². The predicted molar refractivity (Wildman–Crippen MR) is 84.4 cm³/mol. The summed E-state index contributed by atoms with van der Waals surface area (Å²) in [5.41, 5.74) is 1.07. The Balaban J connectivity index is 1.64. The maximum atomic E-state index is 12.2. The van der Waals surface area contributed by atoms with Crippen LogP contribution in [0.3, 0.4) is 0 Å². The van der Waals surface area contributed by atoms with Crippen LogP contribution in [0.1, 0.15) is 34.9 Å². The molecular weight excluding hydrogens is 316 g/mol. The Morgan fingerprint density at radius 2 is 1.78 bits per heavy atom. The Kier molecular flexibility index (Phi) is 4.23. The number of nitrogens with zero attached hydrogens (tertiary/aromatic N) is 1. The molecule has 0 aliphatic carbocycles. The molecule has 122 valence electrons. The van der Waals surface area contributed by atoms with Gasteiger partial charge in [0, 0.05) is 13.1 Å². The quantitative estimate of drug-likeness (QED) is 0.928. The monoisotopic (exact) mass is 334 g/mol. The molecule has 2 heterocycles. The molecule has 1 aromatic carbocycles. The van der Waals surface area contributed by atoms with Gasteiger partial charge in [-0.25, -0.2) is 13.6 Å². The lowest BCUT2D eigenvalue weighted by atomic mass is 9.89. The number of furan rings is 1. The van der Waals surface area contributed by atoms with Crippen LogP contribution in [0, 0.1) is 0 Å². The number of rotatable bonds is 3. The van der Waals surface area contributed by atoms with Crippen LogP contribution in [-0.2, 0) is 10.0 Å². The Hall–Kier alpha value is -2.12. The molecule has 1 saturated heterocycles. The topological polar surface area (TPSA) is 93.6 Å². The number of hydrogen-bond donors (Lipinski definition) is 1. The number of carbonyl (C=O) groups excluding carboxylic acids is 1. The fourth-order valence-electron chi connectivity index (χ4n) is 2.90. The molecule has 3 rings (SSSR count). The first-order chi connectivity index (χ1) is 10.9. The van der Waals surface area contributed by atoms with Crippen molar-refractivity contribution in [3.63, 3.8) is 0 Å². The number of amides is 1. The molecule has 0 atom stereocenters. The van der Waals surface area contributed by atoms with E-state index < -0.39 is 10.0 Å². The molecule has 6 nitrogen and oxygen atoms in total. The highest BCUT2D eigenvalue weighted by Gasteiger charge is 2.25. The summed E-state index contributed by atoms with van der Waals surface area (Å²) in [4.78, 5) is 14.1. The van der Waals surface area contributed by atoms with Gasteiger partial charge >= 0.3 is 0 Å². The molecule has 1 aromatic heterocycles. The Morgan fingerprint density at radius 3 is 2.30 bits per heavy atom. The Morgan fingerprint density at radius 1 is 1.13 bits per heavy atom. The third-order valence-electron chi connectivity index (χ3n) is 4.19. The molecule has 1 fully saturated rings. The molecule has 0 bridgehead atoms. The molecule has 0 unspecified atom stereocenters. The summed E-state index contributed by atoms with van der Waals surface area (Å²) in [6.45, 7) is 1.31. The molecule has 2 aromatic rings. The average Bonchev–Trinajstić information content (AvgIpc) is 3.08. The molecule has 1 aliphatic rings. The summed E-state index contributed by atoms with van der Waals surface area (Å²) in [7, 11) is -3.66. The van der Waals surface area contributed by atoms with Crippen LogP contribution in [-0.4, -0.2) is 32.3 Å². The van der Waals surface area contributed by atoms with Crippen molar-refractivity contribution in [1.29, 1.82) is 0 Å². The maximum Gasteiger partial charge on any atom is 0.289 e. The normalized spacial score (nSPS) is 16.5. The minimum absolute atomic E-state index is 0.0852. The summed E-state index contributed by atoms with van der Waals surface area (Å²) < 4.78 is 27.7. The average molecular weight is 334 g/mol. The number of primary sulfonamides is 1. The molecular formula is C16H18N2O4S. The number of sulfonamides is 1. The molecule has 1 aliphatic heterocycles. The van der Waals surface area contributed by atoms with Crippen molar-refractivity contribution in [3.8, 4) is 0 Å². The van der Waals surface area contributed by atoms with E-state index in [9.17, 15) is 13.2 Å². The molecule has 23 heavy (non-hydrogen) atoms. The fraction of sp³-hybridized carbons (Fsp3) is 0.312. The van der Waals surface area contributed by atoms with Crippen LogP contribution < -0.4 is 5.14 Å². The molecule has 0 radical (unpaired) electrons. The van der Waals surface area contributed by atoms with Gasteiger partial charge in [-0.1, -0.05) is 12.1 Å². The van der Waals surface area contributed by atoms with Gasteiger partial charge in [0.2, 0.25) is 10.0 Å². The van der Waals surface area contributed by atoms with Crippen LogP contribution in [0.2, 0.25) is 0 Å². The van der Waals surface area contributed by atoms with Crippen LogP contribution in [0.15, 0.2) is 52.0 Å². The summed E-state index contributed by atoms with van der Waals surface area (Å²) >= 11 is 0. The van der Waals surface area contributed by atoms with Crippen molar-refractivity contribution in [1.82, 2.24) is 4.90 Å². The summed E-state index contributed by atoms with van der Waals surface area (Å²) in [5.74, 6) is 0.587. The lowest BCUT2D eigenvalue weighted by Gasteiger charge is -2.31. The number of carbonyl (C=O) groups is 1. The van der Waals surface area contributed by atoms with Crippen molar-refractivity contribution < 1.29 is 17.6 Å². The zero-order valence-electron chi connectivity index (χ0n) is 12.5. The smallest absolute Gasteiger partial charge is 0.289 e. The zero-order valence-corrected chi connectivity index (χ0v) is 13.3. The third kappa shape index (κ3) is 3.46. The third-order valence-corrected chi connectivity index (χ3v) is 5.12. The van der Waals surface area contributed by atoms with E-state index in [0.29, 0.717) is 24.8 Å². The summed E-state index contributed by atoms with van der Waals surface area (Å²) in [6.07, 6.45) is 3.16. The van der Waals surface area contributed by atoms with E-state index >= 15 is 0 Å². The van der Waals surface area contributed by atoms with E-state index in [0.717, 1.165) is 18.4 Å².